The van der Waals surface area contributed by atoms with Gasteiger partial charge in [-0.3, -0.25) is 4.79 Å². The lowest BCUT2D eigenvalue weighted by Gasteiger charge is -2.21. The van der Waals surface area contributed by atoms with Crippen LogP contribution in [0.4, 0.5) is 26.3 Å². The Morgan fingerprint density at radius 2 is 1.42 bits per heavy atom. The first kappa shape index (κ1) is 28.9. The number of unbranched alkanes of at least 4 members (excludes halogenated alkanes) is 1. The van der Waals surface area contributed by atoms with Crippen LogP contribution in [0.15, 0.2) is 54.6 Å². The number of hydrogen-bond donors (Lipinski definition) is 0. The lowest BCUT2D eigenvalue weighted by molar-refractivity contribution is -0.206. The third kappa shape index (κ3) is 7.00. The first-order valence-corrected chi connectivity index (χ1v) is 11.6. The van der Waals surface area contributed by atoms with Crippen molar-refractivity contribution in [1.82, 2.24) is 0 Å². The Bertz CT molecular complexity index is 1300. The number of ether oxygens (including phenoxy) is 2. The van der Waals surface area contributed by atoms with E-state index in [1.165, 1.54) is 37.4 Å². The largest absolute Gasteiger partial charge is 0.449 e. The van der Waals surface area contributed by atoms with Crippen LogP contribution in [-0.4, -0.2) is 37.7 Å². The third-order valence-electron chi connectivity index (χ3n) is 5.85. The van der Waals surface area contributed by atoms with Gasteiger partial charge in [-0.2, -0.15) is 13.2 Å². The second-order valence-corrected chi connectivity index (χ2v) is 8.61. The van der Waals surface area contributed by atoms with E-state index in [-0.39, 0.29) is 25.0 Å². The van der Waals surface area contributed by atoms with Gasteiger partial charge in [0.05, 0.1) is 11.1 Å². The number of esters is 1. The number of halogens is 6. The van der Waals surface area contributed by atoms with Crippen LogP contribution in [0.25, 0.3) is 11.1 Å². The Morgan fingerprint density at radius 1 is 0.816 bits per heavy atom. The quantitative estimate of drug-likeness (QED) is 0.118. The SMILES string of the molecule is COCCCCC(OC(=O)c1cc(F)c(C(=O)c2ccc(-c3ccc(C)c(F)c3)cc2)cc1F)C(F)(F)F. The minimum absolute atomic E-state index is 0.0211. The van der Waals surface area contributed by atoms with Crippen LogP contribution in [0, 0.1) is 24.4 Å². The van der Waals surface area contributed by atoms with Crippen LogP contribution in [0.3, 0.4) is 0 Å². The Balaban J connectivity index is 1.78. The molecule has 0 spiro atoms. The summed E-state index contributed by atoms with van der Waals surface area (Å²) in [4.78, 5) is 25.1. The zero-order valence-electron chi connectivity index (χ0n) is 20.5. The summed E-state index contributed by atoms with van der Waals surface area (Å²) in [5.41, 5.74) is -0.235. The van der Waals surface area contributed by atoms with Gasteiger partial charge in [-0.1, -0.05) is 36.4 Å². The van der Waals surface area contributed by atoms with E-state index in [1.807, 2.05) is 0 Å². The van der Waals surface area contributed by atoms with Crippen LogP contribution >= 0.6 is 0 Å². The summed E-state index contributed by atoms with van der Waals surface area (Å²) in [7, 11) is 1.38. The average molecular weight is 538 g/mol. The summed E-state index contributed by atoms with van der Waals surface area (Å²) in [5, 5.41) is 0. The monoisotopic (exact) mass is 538 g/mol. The topological polar surface area (TPSA) is 52.6 Å². The number of alkyl halides is 3. The Kier molecular flexibility index (Phi) is 9.32. The normalized spacial score (nSPS) is 12.3. The second-order valence-electron chi connectivity index (χ2n) is 8.61. The van der Waals surface area contributed by atoms with Gasteiger partial charge in [-0.25, -0.2) is 18.0 Å². The number of carbonyl (C=O) groups is 2. The van der Waals surface area contributed by atoms with Crippen molar-refractivity contribution in [2.75, 3.05) is 13.7 Å². The highest BCUT2D eigenvalue weighted by molar-refractivity contribution is 6.09. The first-order valence-electron chi connectivity index (χ1n) is 11.6. The van der Waals surface area contributed by atoms with Gasteiger partial charge in [0, 0.05) is 19.3 Å². The average Bonchev–Trinajstić information content (AvgIpc) is 2.87. The van der Waals surface area contributed by atoms with E-state index in [9.17, 15) is 35.9 Å². The maximum atomic E-state index is 14.7. The molecule has 0 heterocycles. The molecule has 202 valence electrons. The minimum atomic E-state index is -4.91. The molecule has 0 amide bonds. The van der Waals surface area contributed by atoms with Crippen molar-refractivity contribution in [2.24, 2.45) is 0 Å². The summed E-state index contributed by atoms with van der Waals surface area (Å²) in [6.45, 7) is 1.82. The number of methoxy groups -OCH3 is 1. The molecule has 3 aromatic rings. The highest BCUT2D eigenvalue weighted by Gasteiger charge is 2.42. The molecule has 1 atom stereocenters. The molecule has 38 heavy (non-hydrogen) atoms. The maximum Gasteiger partial charge on any atom is 0.425 e. The zero-order chi connectivity index (χ0) is 28.0. The molecule has 3 rings (SSSR count). The van der Waals surface area contributed by atoms with E-state index in [0.717, 1.165) is 0 Å². The van der Waals surface area contributed by atoms with Crippen LogP contribution < -0.4 is 0 Å². The number of hydrogen-bond acceptors (Lipinski definition) is 4. The molecule has 0 aliphatic rings. The van der Waals surface area contributed by atoms with Crippen LogP contribution in [0.2, 0.25) is 0 Å². The Hall–Kier alpha value is -3.66. The Labute approximate surface area is 215 Å². The van der Waals surface area contributed by atoms with E-state index >= 15 is 0 Å². The smallest absolute Gasteiger partial charge is 0.425 e. The molecular weight excluding hydrogens is 514 g/mol. The van der Waals surface area contributed by atoms with Crippen LogP contribution in [0.5, 0.6) is 0 Å². The Morgan fingerprint density at radius 3 is 2.03 bits per heavy atom. The fourth-order valence-corrected chi connectivity index (χ4v) is 3.68. The lowest BCUT2D eigenvalue weighted by Crippen LogP contribution is -2.34. The number of aryl methyl sites for hydroxylation is 1. The molecule has 0 aliphatic heterocycles. The molecule has 3 aromatic carbocycles. The van der Waals surface area contributed by atoms with Crippen molar-refractivity contribution in [3.05, 3.63) is 94.3 Å². The van der Waals surface area contributed by atoms with Gasteiger partial charge in [0.25, 0.3) is 0 Å². The highest BCUT2D eigenvalue weighted by Crippen LogP contribution is 2.29. The van der Waals surface area contributed by atoms with Crippen molar-refractivity contribution < 1.29 is 45.4 Å². The fourth-order valence-electron chi connectivity index (χ4n) is 3.68. The molecule has 0 aromatic heterocycles. The number of benzene rings is 3. The maximum absolute atomic E-state index is 14.7. The van der Waals surface area contributed by atoms with E-state index in [4.69, 9.17) is 4.74 Å². The molecule has 0 bridgehead atoms. The van der Waals surface area contributed by atoms with Gasteiger partial charge in [0.2, 0.25) is 0 Å². The van der Waals surface area contributed by atoms with Gasteiger partial charge in [-0.05, 0) is 61.1 Å². The fraction of sp³-hybridized carbons (Fsp3) is 0.286. The first-order chi connectivity index (χ1) is 17.9. The summed E-state index contributed by atoms with van der Waals surface area (Å²) >= 11 is 0. The highest BCUT2D eigenvalue weighted by atomic mass is 19.4. The van der Waals surface area contributed by atoms with Crippen molar-refractivity contribution in [3.8, 4) is 11.1 Å². The second kappa shape index (κ2) is 12.3. The predicted octanol–water partition coefficient (Wildman–Crippen LogP) is 7.21. The summed E-state index contributed by atoms with van der Waals surface area (Å²) < 4.78 is 92.3. The van der Waals surface area contributed by atoms with Crippen molar-refractivity contribution in [1.29, 1.82) is 0 Å². The van der Waals surface area contributed by atoms with Crippen molar-refractivity contribution in [3.63, 3.8) is 0 Å². The van der Waals surface area contributed by atoms with Crippen molar-refractivity contribution >= 4 is 11.8 Å². The van der Waals surface area contributed by atoms with Gasteiger partial charge in [0.15, 0.2) is 11.9 Å². The van der Waals surface area contributed by atoms with Crippen LogP contribution in [0.1, 0.15) is 51.1 Å². The molecule has 0 saturated carbocycles. The van der Waals surface area contributed by atoms with Gasteiger partial charge in [0.1, 0.15) is 17.5 Å². The number of ketones is 1. The zero-order valence-corrected chi connectivity index (χ0v) is 20.5. The standard InChI is InChI=1S/C28H24F6O4/c1-16-6-7-19(13-22(16)29)17-8-10-18(11-9-17)26(35)20-14-24(31)21(15-23(20)30)27(36)38-25(28(32,33)34)5-3-4-12-37-2/h6-11,13-15,25H,3-5,12H2,1-2H3. The molecule has 0 N–H and O–H groups in total. The van der Waals surface area contributed by atoms with E-state index < -0.39 is 59.0 Å². The molecule has 10 heteroatoms. The molecule has 4 nitrogen and oxygen atoms in total. The summed E-state index contributed by atoms with van der Waals surface area (Å²) in [6, 6.07) is 11.1. The molecule has 0 radical (unpaired) electrons. The van der Waals surface area contributed by atoms with E-state index in [0.29, 0.717) is 28.8 Å². The summed E-state index contributed by atoms with van der Waals surface area (Å²) in [5.74, 6) is -5.76. The van der Waals surface area contributed by atoms with Gasteiger partial charge < -0.3 is 9.47 Å². The molecular formula is C28H24F6O4. The molecule has 0 fully saturated rings. The van der Waals surface area contributed by atoms with Crippen LogP contribution in [-0.2, 0) is 9.47 Å². The van der Waals surface area contributed by atoms with Crippen molar-refractivity contribution in [2.45, 2.75) is 38.5 Å². The van der Waals surface area contributed by atoms with E-state index in [1.54, 1.807) is 19.1 Å². The third-order valence-corrected chi connectivity index (χ3v) is 5.85. The summed E-state index contributed by atoms with van der Waals surface area (Å²) in [6.07, 6.45) is -7.71. The molecule has 0 saturated heterocycles. The van der Waals surface area contributed by atoms with E-state index in [2.05, 4.69) is 4.74 Å². The van der Waals surface area contributed by atoms with Gasteiger partial charge in [-0.15, -0.1) is 0 Å². The molecule has 1 unspecified atom stereocenters. The minimum Gasteiger partial charge on any atom is -0.449 e. The lowest BCUT2D eigenvalue weighted by atomic mass is 9.97. The molecule has 0 aliphatic carbocycles. The predicted molar refractivity (Wildman–Crippen MR) is 127 cm³/mol. The van der Waals surface area contributed by atoms with Gasteiger partial charge >= 0.3 is 12.1 Å². The number of carbonyl (C=O) groups excluding carboxylic acids is 2. The number of rotatable bonds is 10.